The van der Waals surface area contributed by atoms with Crippen LogP contribution in [0.2, 0.25) is 0 Å². The minimum Gasteiger partial charge on any atom is -0.450 e. The lowest BCUT2D eigenvalue weighted by Crippen LogP contribution is -2.42. The molecule has 1 aromatic heterocycles. The lowest BCUT2D eigenvalue weighted by atomic mass is 10.1. The van der Waals surface area contributed by atoms with Gasteiger partial charge in [0.2, 0.25) is 0 Å². The van der Waals surface area contributed by atoms with Gasteiger partial charge in [0.1, 0.15) is 5.82 Å². The first-order valence-corrected chi connectivity index (χ1v) is 7.59. The van der Waals surface area contributed by atoms with Crippen LogP contribution in [0, 0.1) is 0 Å². The quantitative estimate of drug-likeness (QED) is 0.797. The number of hydrogen-bond acceptors (Lipinski definition) is 3. The first-order valence-electron chi connectivity index (χ1n) is 7.59. The van der Waals surface area contributed by atoms with Crippen molar-refractivity contribution in [1.29, 1.82) is 0 Å². The minimum absolute atomic E-state index is 0.420. The van der Waals surface area contributed by atoms with Gasteiger partial charge in [-0.1, -0.05) is 43.7 Å². The van der Waals surface area contributed by atoms with E-state index >= 15 is 0 Å². The lowest BCUT2D eigenvalue weighted by Gasteiger charge is -2.23. The number of benzene rings is 1. The number of carbonyl (C=O) groups excluding carboxylic acids is 1. The third kappa shape index (κ3) is 4.10. The van der Waals surface area contributed by atoms with Gasteiger partial charge in [0, 0.05) is 0 Å². The van der Waals surface area contributed by atoms with Crippen LogP contribution < -0.4 is 5.32 Å². The van der Waals surface area contributed by atoms with E-state index in [1.54, 1.807) is 6.20 Å². The molecule has 1 aromatic carbocycles. The molecule has 2 rings (SSSR count). The van der Waals surface area contributed by atoms with Crippen LogP contribution in [-0.2, 0) is 10.3 Å². The van der Waals surface area contributed by atoms with Gasteiger partial charge < -0.3 is 15.0 Å². The Balaban J connectivity index is 2.04. The van der Waals surface area contributed by atoms with Crippen LogP contribution in [0.25, 0.3) is 11.3 Å². The molecule has 118 valence electrons. The number of nitrogens with one attached hydrogen (secondary N) is 2. The molecule has 2 N–H and O–H groups in total. The Labute approximate surface area is 131 Å². The van der Waals surface area contributed by atoms with Gasteiger partial charge in [0.05, 0.1) is 24.0 Å². The lowest BCUT2D eigenvalue weighted by molar-refractivity contribution is 0.133. The zero-order valence-electron chi connectivity index (χ0n) is 13.3. The summed E-state index contributed by atoms with van der Waals surface area (Å²) < 4.78 is 5.14. The summed E-state index contributed by atoms with van der Waals surface area (Å²) >= 11 is 0. The van der Waals surface area contributed by atoms with Crippen LogP contribution in [0.4, 0.5) is 4.79 Å². The molecule has 0 saturated heterocycles. The summed E-state index contributed by atoms with van der Waals surface area (Å²) in [4.78, 5) is 19.5. The number of rotatable bonds is 6. The average Bonchev–Trinajstić information content (AvgIpc) is 2.99. The predicted molar refractivity (Wildman–Crippen MR) is 86.4 cm³/mol. The number of nitrogens with zero attached hydrogens (tertiary/aromatic N) is 1. The standard InChI is InChI=1S/C17H23N3O2/c1-4-5-11-22-16(21)20-17(2,3)15-18-12-14(19-15)13-9-7-6-8-10-13/h6-10,12H,4-5,11H2,1-3H3,(H,18,19)(H,20,21). The van der Waals surface area contributed by atoms with Crippen molar-refractivity contribution in [3.63, 3.8) is 0 Å². The summed E-state index contributed by atoms with van der Waals surface area (Å²) in [5, 5.41) is 2.84. The molecular formula is C17H23N3O2. The van der Waals surface area contributed by atoms with E-state index in [9.17, 15) is 4.79 Å². The van der Waals surface area contributed by atoms with E-state index in [0.29, 0.717) is 12.4 Å². The topological polar surface area (TPSA) is 67.0 Å². The maximum Gasteiger partial charge on any atom is 0.407 e. The number of amides is 1. The van der Waals surface area contributed by atoms with Crippen molar-refractivity contribution < 1.29 is 9.53 Å². The molecule has 5 heteroatoms. The molecule has 0 fully saturated rings. The van der Waals surface area contributed by atoms with Crippen molar-refractivity contribution in [3.05, 3.63) is 42.4 Å². The van der Waals surface area contributed by atoms with Crippen LogP contribution in [-0.4, -0.2) is 22.7 Å². The van der Waals surface area contributed by atoms with Gasteiger partial charge in [-0.3, -0.25) is 0 Å². The summed E-state index contributed by atoms with van der Waals surface area (Å²) in [6.45, 7) is 6.27. The van der Waals surface area contributed by atoms with Crippen molar-refractivity contribution in [3.8, 4) is 11.3 Å². The highest BCUT2D eigenvalue weighted by Crippen LogP contribution is 2.22. The average molecular weight is 301 g/mol. The number of alkyl carbamates (subject to hydrolysis) is 1. The molecule has 0 bridgehead atoms. The highest BCUT2D eigenvalue weighted by atomic mass is 16.5. The van der Waals surface area contributed by atoms with Gasteiger partial charge in [-0.15, -0.1) is 0 Å². The summed E-state index contributed by atoms with van der Waals surface area (Å²) in [6, 6.07) is 9.95. The molecule has 0 spiro atoms. The number of aromatic amines is 1. The molecule has 5 nitrogen and oxygen atoms in total. The van der Waals surface area contributed by atoms with Gasteiger partial charge in [-0.25, -0.2) is 9.78 Å². The Morgan fingerprint density at radius 3 is 2.73 bits per heavy atom. The maximum absolute atomic E-state index is 11.8. The Bertz CT molecular complexity index is 605. The first kappa shape index (κ1) is 16.1. The van der Waals surface area contributed by atoms with E-state index in [1.807, 2.05) is 44.2 Å². The van der Waals surface area contributed by atoms with Crippen molar-refractivity contribution in [2.75, 3.05) is 6.61 Å². The Hall–Kier alpha value is -2.30. The SMILES string of the molecule is CCCCOC(=O)NC(C)(C)c1ncc(-c2ccccc2)[nH]1. The highest BCUT2D eigenvalue weighted by molar-refractivity contribution is 5.68. The van der Waals surface area contributed by atoms with Crippen molar-refractivity contribution >= 4 is 6.09 Å². The monoisotopic (exact) mass is 301 g/mol. The number of unbranched alkanes of at least 4 members (excludes halogenated alkanes) is 1. The molecule has 0 aliphatic carbocycles. The first-order chi connectivity index (χ1) is 10.5. The van der Waals surface area contributed by atoms with Crippen molar-refractivity contribution in [2.45, 2.75) is 39.2 Å². The van der Waals surface area contributed by atoms with Crippen LogP contribution >= 0.6 is 0 Å². The fraction of sp³-hybridized carbons (Fsp3) is 0.412. The number of aromatic nitrogens is 2. The van der Waals surface area contributed by atoms with Crippen LogP contribution in [0.15, 0.2) is 36.5 Å². The minimum atomic E-state index is -0.629. The zero-order valence-corrected chi connectivity index (χ0v) is 13.3. The summed E-state index contributed by atoms with van der Waals surface area (Å²) in [6.07, 6.45) is 3.22. The number of imidazole rings is 1. The number of hydrogen-bond donors (Lipinski definition) is 2. The Kier molecular flexibility index (Phi) is 5.20. The predicted octanol–water partition coefficient (Wildman–Crippen LogP) is 3.84. The van der Waals surface area contributed by atoms with Gasteiger partial charge in [-0.2, -0.15) is 0 Å². The Morgan fingerprint density at radius 1 is 1.32 bits per heavy atom. The molecule has 0 saturated carbocycles. The molecular weight excluding hydrogens is 278 g/mol. The van der Waals surface area contributed by atoms with E-state index in [0.717, 1.165) is 24.1 Å². The smallest absolute Gasteiger partial charge is 0.407 e. The third-order valence-electron chi connectivity index (χ3n) is 3.40. The second-order valence-corrected chi connectivity index (χ2v) is 5.75. The van der Waals surface area contributed by atoms with Gasteiger partial charge in [0.15, 0.2) is 0 Å². The second kappa shape index (κ2) is 7.11. The van der Waals surface area contributed by atoms with Crippen LogP contribution in [0.3, 0.4) is 0 Å². The normalized spacial score (nSPS) is 11.2. The molecule has 0 radical (unpaired) electrons. The van der Waals surface area contributed by atoms with Gasteiger partial charge in [-0.05, 0) is 25.8 Å². The van der Waals surface area contributed by atoms with Crippen LogP contribution in [0.1, 0.15) is 39.4 Å². The van der Waals surface area contributed by atoms with Crippen molar-refractivity contribution in [2.24, 2.45) is 0 Å². The van der Waals surface area contributed by atoms with E-state index in [1.165, 1.54) is 0 Å². The Morgan fingerprint density at radius 2 is 2.05 bits per heavy atom. The third-order valence-corrected chi connectivity index (χ3v) is 3.40. The molecule has 22 heavy (non-hydrogen) atoms. The zero-order chi connectivity index (χ0) is 16.0. The second-order valence-electron chi connectivity index (χ2n) is 5.75. The summed E-state index contributed by atoms with van der Waals surface area (Å²) in [5.41, 5.74) is 1.35. The van der Waals surface area contributed by atoms with E-state index in [-0.39, 0.29) is 0 Å². The fourth-order valence-electron chi connectivity index (χ4n) is 2.06. The molecule has 0 aliphatic heterocycles. The highest BCUT2D eigenvalue weighted by Gasteiger charge is 2.27. The fourth-order valence-corrected chi connectivity index (χ4v) is 2.06. The molecule has 1 heterocycles. The molecule has 0 aliphatic rings. The number of ether oxygens (including phenoxy) is 1. The number of H-pyrrole nitrogens is 1. The van der Waals surface area contributed by atoms with Crippen LogP contribution in [0.5, 0.6) is 0 Å². The molecule has 0 unspecified atom stereocenters. The summed E-state index contributed by atoms with van der Waals surface area (Å²) in [7, 11) is 0. The maximum atomic E-state index is 11.8. The molecule has 2 aromatic rings. The van der Waals surface area contributed by atoms with Gasteiger partial charge in [0.25, 0.3) is 0 Å². The summed E-state index contributed by atoms with van der Waals surface area (Å²) in [5.74, 6) is 0.693. The number of carbonyl (C=O) groups is 1. The molecule has 0 atom stereocenters. The van der Waals surface area contributed by atoms with Crippen molar-refractivity contribution in [1.82, 2.24) is 15.3 Å². The molecule has 1 amide bonds. The van der Waals surface area contributed by atoms with E-state index in [4.69, 9.17) is 4.74 Å². The van der Waals surface area contributed by atoms with Gasteiger partial charge >= 0.3 is 6.09 Å². The largest absolute Gasteiger partial charge is 0.450 e. The van der Waals surface area contributed by atoms with E-state index < -0.39 is 11.6 Å². The van der Waals surface area contributed by atoms with E-state index in [2.05, 4.69) is 22.2 Å².